The Morgan fingerprint density at radius 3 is 2.22 bits per heavy atom. The highest BCUT2D eigenvalue weighted by Gasteiger charge is 2.52. The van der Waals surface area contributed by atoms with Gasteiger partial charge in [-0.2, -0.15) is 0 Å². The lowest BCUT2D eigenvalue weighted by molar-refractivity contribution is -0.134. The maximum Gasteiger partial charge on any atom is 0.265 e. The molecule has 11 heteroatoms. The molecule has 2 aromatic rings. The van der Waals surface area contributed by atoms with E-state index in [1.54, 1.807) is 24.3 Å². The highest BCUT2D eigenvalue weighted by Crippen LogP contribution is 2.35. The first-order valence-corrected chi connectivity index (χ1v) is 11.3. The van der Waals surface area contributed by atoms with E-state index in [0.29, 0.717) is 16.8 Å². The number of nitrogens with zero attached hydrogens (tertiary/aromatic N) is 1. The van der Waals surface area contributed by atoms with E-state index in [1.165, 1.54) is 23.8 Å². The van der Waals surface area contributed by atoms with Gasteiger partial charge in [-0.15, -0.1) is 12.4 Å². The lowest BCUT2D eigenvalue weighted by atomic mass is 9.98. The summed E-state index contributed by atoms with van der Waals surface area (Å²) in [5.41, 5.74) is 3.15. The SMILES string of the molecule is CC(C)NC(=O)c1ccc(-c2ccc(S(=O)(=O)C3(C(=O)NO)CCOCC3)cc2)nc1.Cl. The maximum atomic E-state index is 13.3. The Morgan fingerprint density at radius 2 is 1.72 bits per heavy atom. The third-order valence-corrected chi connectivity index (χ3v) is 7.75. The summed E-state index contributed by atoms with van der Waals surface area (Å²) in [7, 11) is -4.09. The van der Waals surface area contributed by atoms with Crippen molar-refractivity contribution < 1.29 is 28.0 Å². The minimum atomic E-state index is -4.09. The molecule has 1 aliphatic heterocycles. The van der Waals surface area contributed by atoms with Crippen LogP contribution in [0.1, 0.15) is 37.0 Å². The third kappa shape index (κ3) is 4.93. The summed E-state index contributed by atoms with van der Waals surface area (Å²) < 4.78 is 30.0. The Hall–Kier alpha value is -2.53. The Labute approximate surface area is 192 Å². The summed E-state index contributed by atoms with van der Waals surface area (Å²) in [6.45, 7) is 3.94. The molecule has 1 aromatic heterocycles. The number of rotatable bonds is 6. The van der Waals surface area contributed by atoms with Gasteiger partial charge in [-0.3, -0.25) is 19.8 Å². The number of hydrogen-bond acceptors (Lipinski definition) is 7. The van der Waals surface area contributed by atoms with Gasteiger partial charge >= 0.3 is 0 Å². The average Bonchev–Trinajstić information content (AvgIpc) is 2.78. The number of aromatic nitrogens is 1. The van der Waals surface area contributed by atoms with E-state index in [0.717, 1.165) is 0 Å². The molecule has 1 aliphatic rings. The van der Waals surface area contributed by atoms with Crippen LogP contribution in [0.25, 0.3) is 11.3 Å². The Kier molecular flexibility index (Phi) is 8.35. The van der Waals surface area contributed by atoms with Crippen LogP contribution < -0.4 is 10.8 Å². The summed E-state index contributed by atoms with van der Waals surface area (Å²) in [6.07, 6.45) is 1.36. The molecule has 0 spiro atoms. The first-order valence-electron chi connectivity index (χ1n) is 9.85. The van der Waals surface area contributed by atoms with Crippen LogP contribution in [0.3, 0.4) is 0 Å². The van der Waals surface area contributed by atoms with Gasteiger partial charge in [0.1, 0.15) is 0 Å². The fraction of sp³-hybridized carbons (Fsp3) is 0.381. The lowest BCUT2D eigenvalue weighted by Crippen LogP contribution is -2.54. The second-order valence-electron chi connectivity index (χ2n) is 7.64. The second kappa shape index (κ2) is 10.4. The molecule has 0 saturated carbocycles. The molecule has 0 radical (unpaired) electrons. The standard InChI is InChI=1S/C21H25N3O6S.ClH/c1-14(2)23-19(25)16-5-8-18(22-13-16)15-3-6-17(7-4-15)31(28,29)21(20(26)24-27)9-11-30-12-10-21;/h3-8,13-14,27H,9-12H2,1-2H3,(H,23,25)(H,24,26);1H. The Balaban J connectivity index is 0.00000363. The first kappa shape index (κ1) is 25.7. The molecule has 32 heavy (non-hydrogen) atoms. The molecule has 0 unspecified atom stereocenters. The number of nitrogens with one attached hydrogen (secondary N) is 2. The number of sulfone groups is 1. The molecule has 1 aromatic carbocycles. The quantitative estimate of drug-likeness (QED) is 0.423. The summed E-state index contributed by atoms with van der Waals surface area (Å²) in [5, 5.41) is 11.9. The molecule has 3 N–H and O–H groups in total. The number of benzene rings is 1. The van der Waals surface area contributed by atoms with E-state index in [2.05, 4.69) is 10.3 Å². The smallest absolute Gasteiger partial charge is 0.265 e. The van der Waals surface area contributed by atoms with E-state index >= 15 is 0 Å². The number of ether oxygens (including phenoxy) is 1. The number of halogens is 1. The van der Waals surface area contributed by atoms with Crippen molar-refractivity contribution in [2.75, 3.05) is 13.2 Å². The predicted molar refractivity (Wildman–Crippen MR) is 119 cm³/mol. The molecule has 1 fully saturated rings. The van der Waals surface area contributed by atoms with Crippen LogP contribution in [-0.4, -0.2) is 54.4 Å². The summed E-state index contributed by atoms with van der Waals surface area (Å²) in [4.78, 5) is 28.6. The van der Waals surface area contributed by atoms with Gasteiger partial charge in [-0.05, 0) is 51.0 Å². The van der Waals surface area contributed by atoms with Gasteiger partial charge < -0.3 is 10.1 Å². The predicted octanol–water partition coefficient (Wildman–Crippen LogP) is 2.14. The second-order valence-corrected chi connectivity index (χ2v) is 9.90. The van der Waals surface area contributed by atoms with E-state index in [9.17, 15) is 18.0 Å². The normalized spacial score (nSPS) is 15.5. The van der Waals surface area contributed by atoms with Crippen LogP contribution >= 0.6 is 12.4 Å². The lowest BCUT2D eigenvalue weighted by Gasteiger charge is -2.34. The first-order chi connectivity index (χ1) is 14.7. The average molecular weight is 484 g/mol. The zero-order valence-corrected chi connectivity index (χ0v) is 19.3. The molecular formula is C21H26ClN3O6S. The van der Waals surface area contributed by atoms with Gasteiger partial charge in [-0.25, -0.2) is 13.9 Å². The van der Waals surface area contributed by atoms with Crippen molar-refractivity contribution in [3.05, 3.63) is 48.2 Å². The molecule has 0 aliphatic carbocycles. The van der Waals surface area contributed by atoms with Crippen LogP contribution in [0.5, 0.6) is 0 Å². The van der Waals surface area contributed by atoms with Gasteiger partial charge in [0.15, 0.2) is 14.6 Å². The van der Waals surface area contributed by atoms with Gasteiger partial charge in [0.2, 0.25) is 0 Å². The zero-order valence-electron chi connectivity index (χ0n) is 17.7. The topological polar surface area (TPSA) is 135 Å². The highest BCUT2D eigenvalue weighted by atomic mass is 35.5. The fourth-order valence-corrected chi connectivity index (χ4v) is 5.44. The highest BCUT2D eigenvalue weighted by molar-refractivity contribution is 7.93. The number of amides is 2. The Bertz CT molecular complexity index is 1050. The van der Waals surface area contributed by atoms with Gasteiger partial charge in [0.25, 0.3) is 11.8 Å². The van der Waals surface area contributed by atoms with Crippen LogP contribution in [0.15, 0.2) is 47.5 Å². The van der Waals surface area contributed by atoms with E-state index in [1.807, 2.05) is 13.8 Å². The van der Waals surface area contributed by atoms with Crippen LogP contribution in [0.4, 0.5) is 0 Å². The third-order valence-electron chi connectivity index (χ3n) is 5.24. The summed E-state index contributed by atoms with van der Waals surface area (Å²) >= 11 is 0. The van der Waals surface area contributed by atoms with E-state index < -0.39 is 20.5 Å². The van der Waals surface area contributed by atoms with Crippen molar-refractivity contribution in [3.63, 3.8) is 0 Å². The van der Waals surface area contributed by atoms with Crippen LogP contribution in [0, 0.1) is 0 Å². The summed E-state index contributed by atoms with van der Waals surface area (Å²) in [6, 6.07) is 9.33. The maximum absolute atomic E-state index is 13.3. The number of carbonyl (C=O) groups is 2. The molecule has 2 heterocycles. The number of hydrogen-bond donors (Lipinski definition) is 3. The molecule has 174 valence electrons. The van der Waals surface area contributed by atoms with Gasteiger partial charge in [0, 0.05) is 31.0 Å². The van der Waals surface area contributed by atoms with Crippen molar-refractivity contribution in [2.45, 2.75) is 42.4 Å². The molecular weight excluding hydrogens is 458 g/mol. The fourth-order valence-electron chi connectivity index (χ4n) is 3.50. The molecule has 1 saturated heterocycles. The van der Waals surface area contributed by atoms with Gasteiger partial charge in [0.05, 0.1) is 16.2 Å². The van der Waals surface area contributed by atoms with Crippen molar-refractivity contribution in [3.8, 4) is 11.3 Å². The minimum absolute atomic E-state index is 0. The van der Waals surface area contributed by atoms with Crippen LogP contribution in [-0.2, 0) is 19.4 Å². The molecule has 0 bridgehead atoms. The number of pyridine rings is 1. The van der Waals surface area contributed by atoms with E-state index in [-0.39, 0.29) is 55.3 Å². The monoisotopic (exact) mass is 483 g/mol. The number of hydroxylamine groups is 1. The van der Waals surface area contributed by atoms with Crippen molar-refractivity contribution in [1.29, 1.82) is 0 Å². The minimum Gasteiger partial charge on any atom is -0.381 e. The van der Waals surface area contributed by atoms with Crippen molar-refractivity contribution >= 4 is 34.1 Å². The molecule has 3 rings (SSSR count). The number of carbonyl (C=O) groups excluding carboxylic acids is 2. The molecule has 0 atom stereocenters. The van der Waals surface area contributed by atoms with Crippen LogP contribution in [0.2, 0.25) is 0 Å². The largest absolute Gasteiger partial charge is 0.381 e. The van der Waals surface area contributed by atoms with Crippen molar-refractivity contribution in [2.24, 2.45) is 0 Å². The molecule has 2 amide bonds. The van der Waals surface area contributed by atoms with E-state index in [4.69, 9.17) is 9.94 Å². The molecule has 9 nitrogen and oxygen atoms in total. The van der Waals surface area contributed by atoms with Crippen molar-refractivity contribution in [1.82, 2.24) is 15.8 Å². The summed E-state index contributed by atoms with van der Waals surface area (Å²) in [5.74, 6) is -1.18. The van der Waals surface area contributed by atoms with Gasteiger partial charge in [-0.1, -0.05) is 12.1 Å². The Morgan fingerprint density at radius 1 is 1.09 bits per heavy atom. The zero-order chi connectivity index (χ0) is 22.6.